The minimum absolute atomic E-state index is 0.0134. The average Bonchev–Trinajstić information content (AvgIpc) is 2.86. The van der Waals surface area contributed by atoms with E-state index in [0.717, 1.165) is 24.3 Å². The quantitative estimate of drug-likeness (QED) is 0.205. The molecule has 3 aromatic carbocycles. The number of nitrogens with one attached hydrogen (secondary N) is 1. The third-order valence-corrected chi connectivity index (χ3v) is 7.12. The van der Waals surface area contributed by atoms with E-state index < -0.39 is 30.3 Å². The third kappa shape index (κ3) is 9.53. The van der Waals surface area contributed by atoms with E-state index in [1.807, 2.05) is 13.8 Å². The average molecular weight is 656 g/mol. The molecule has 0 radical (unpaired) electrons. The Kier molecular flexibility index (Phi) is 10.3. The van der Waals surface area contributed by atoms with Gasteiger partial charge in [-0.1, -0.05) is 23.8 Å². The largest absolute Gasteiger partial charge is 0.496 e. The molecule has 0 aliphatic heterocycles. The first-order valence-electron chi connectivity index (χ1n) is 12.5. The van der Waals surface area contributed by atoms with Gasteiger partial charge in [-0.15, -0.1) is 0 Å². The Morgan fingerprint density at radius 1 is 0.721 bits per heavy atom. The lowest BCUT2D eigenvalue weighted by Gasteiger charge is -2.21. The fourth-order valence-electron chi connectivity index (χ4n) is 3.94. The molecular weight excluding hydrogens is 623 g/mol. The molecule has 12 nitrogen and oxygen atoms in total. The van der Waals surface area contributed by atoms with Gasteiger partial charge >= 0.3 is 20.2 Å². The minimum atomic E-state index is -4.13. The maximum absolute atomic E-state index is 12.4. The summed E-state index contributed by atoms with van der Waals surface area (Å²) in [4.78, 5) is 0. The van der Waals surface area contributed by atoms with Crippen LogP contribution in [0.25, 0.3) is 22.3 Å². The second-order valence-electron chi connectivity index (χ2n) is 9.64. The molecule has 1 N–H and O–H groups in total. The molecule has 0 unspecified atom stereocenters. The van der Waals surface area contributed by atoms with E-state index >= 15 is 0 Å². The first kappa shape index (κ1) is 33.6. The number of allylic oxidation sites excluding steroid dienone is 1. The summed E-state index contributed by atoms with van der Waals surface area (Å²) in [6.45, 7) is 3.91. The number of rotatable bonds is 13. The van der Waals surface area contributed by atoms with Gasteiger partial charge in [-0.05, 0) is 61.4 Å². The Morgan fingerprint density at radius 3 is 1.84 bits per heavy atom. The van der Waals surface area contributed by atoms with Gasteiger partial charge in [0.15, 0.2) is 23.0 Å². The number of hydrogen-bond donors (Lipinski definition) is 1. The Bertz CT molecular complexity index is 1840. The number of anilines is 1. The Balaban J connectivity index is 2.30. The van der Waals surface area contributed by atoms with E-state index in [1.54, 1.807) is 30.3 Å². The van der Waals surface area contributed by atoms with Crippen LogP contribution in [0.2, 0.25) is 0 Å². The van der Waals surface area contributed by atoms with Gasteiger partial charge in [0.25, 0.3) is 0 Å². The molecule has 0 aliphatic rings. The van der Waals surface area contributed by atoms with Crippen molar-refractivity contribution in [1.82, 2.24) is 0 Å². The Morgan fingerprint density at radius 2 is 1.33 bits per heavy atom. The molecule has 0 saturated carbocycles. The van der Waals surface area contributed by atoms with Crippen LogP contribution in [0.4, 0.5) is 5.69 Å². The highest BCUT2D eigenvalue weighted by molar-refractivity contribution is 7.92. The van der Waals surface area contributed by atoms with Crippen LogP contribution in [-0.2, 0) is 30.3 Å². The zero-order valence-electron chi connectivity index (χ0n) is 24.6. The van der Waals surface area contributed by atoms with Crippen LogP contribution in [0.1, 0.15) is 13.8 Å². The maximum atomic E-state index is 12.4. The number of methoxy groups -OCH3 is 2. The van der Waals surface area contributed by atoms with Crippen molar-refractivity contribution in [3.8, 4) is 51.0 Å². The molecule has 0 aliphatic carbocycles. The lowest BCUT2D eigenvalue weighted by atomic mass is 9.96. The molecule has 3 aromatic rings. The SMILES string of the molecule is COc1cc(-c2ccc(NS(C)(=O)=O)cc2)c(OC)c(OS(C)(=O)=O)c1-c1ccc(OCC=C(C)C)c(OS(C)(=O)=O)c1. The normalized spacial score (nSPS) is 11.8. The Hall–Kier alpha value is -3.95. The molecule has 3 rings (SSSR count). The zero-order valence-corrected chi connectivity index (χ0v) is 27.1. The van der Waals surface area contributed by atoms with Crippen LogP contribution >= 0.6 is 0 Å². The first-order valence-corrected chi connectivity index (χ1v) is 18.0. The van der Waals surface area contributed by atoms with E-state index in [9.17, 15) is 25.3 Å². The number of ether oxygens (including phenoxy) is 3. The summed E-state index contributed by atoms with van der Waals surface area (Å²) in [5.41, 5.74) is 2.57. The van der Waals surface area contributed by atoms with Gasteiger partial charge in [0.1, 0.15) is 12.4 Å². The van der Waals surface area contributed by atoms with Gasteiger partial charge in [-0.2, -0.15) is 16.8 Å². The van der Waals surface area contributed by atoms with Gasteiger partial charge in [-0.3, -0.25) is 4.72 Å². The molecule has 234 valence electrons. The highest BCUT2D eigenvalue weighted by Crippen LogP contribution is 2.51. The zero-order chi connectivity index (χ0) is 32.2. The fourth-order valence-corrected chi connectivity index (χ4v) is 5.42. The summed E-state index contributed by atoms with van der Waals surface area (Å²) in [5, 5.41) is 0. The van der Waals surface area contributed by atoms with Crippen molar-refractivity contribution in [2.45, 2.75) is 13.8 Å². The third-order valence-electron chi connectivity index (χ3n) is 5.56. The first-order chi connectivity index (χ1) is 19.9. The summed E-state index contributed by atoms with van der Waals surface area (Å²) in [7, 11) is -8.94. The van der Waals surface area contributed by atoms with E-state index in [4.69, 9.17) is 22.6 Å². The van der Waals surface area contributed by atoms with Crippen molar-refractivity contribution >= 4 is 35.9 Å². The van der Waals surface area contributed by atoms with Gasteiger partial charge in [0, 0.05) is 11.3 Å². The van der Waals surface area contributed by atoms with E-state index in [0.29, 0.717) is 16.8 Å². The molecule has 15 heteroatoms. The number of hydrogen-bond acceptors (Lipinski definition) is 11. The van der Waals surface area contributed by atoms with E-state index in [2.05, 4.69) is 4.72 Å². The molecule has 0 amide bonds. The summed E-state index contributed by atoms with van der Waals surface area (Å²) < 4.78 is 102. The number of benzene rings is 3. The molecular formula is C28H33NO11S3. The van der Waals surface area contributed by atoms with Crippen molar-refractivity contribution in [1.29, 1.82) is 0 Å². The maximum Gasteiger partial charge on any atom is 0.306 e. The van der Waals surface area contributed by atoms with Crippen LogP contribution in [0, 0.1) is 0 Å². The van der Waals surface area contributed by atoms with Gasteiger partial charge in [0.05, 0.1) is 38.6 Å². The summed E-state index contributed by atoms with van der Waals surface area (Å²) >= 11 is 0. The summed E-state index contributed by atoms with van der Waals surface area (Å²) in [6, 6.07) is 12.2. The van der Waals surface area contributed by atoms with E-state index in [1.165, 1.54) is 38.5 Å². The van der Waals surface area contributed by atoms with Crippen LogP contribution < -0.4 is 27.3 Å². The topological polar surface area (TPSA) is 161 Å². The van der Waals surface area contributed by atoms with Crippen molar-refractivity contribution in [3.05, 3.63) is 60.2 Å². The predicted molar refractivity (Wildman–Crippen MR) is 165 cm³/mol. The van der Waals surface area contributed by atoms with Crippen LogP contribution in [0.15, 0.2) is 60.2 Å². The van der Waals surface area contributed by atoms with Crippen molar-refractivity contribution in [2.24, 2.45) is 0 Å². The summed E-state index contributed by atoms with van der Waals surface area (Å²) in [6.07, 6.45) is 4.56. The standard InChI is InChI=1S/C28H33NO11S3/c1-18(2)14-15-38-23-13-10-20(16-24(23)39-42(6,32)33)26-25(36-3)17-22(27(37-4)28(26)40-43(7,34)35)19-8-11-21(12-9-19)29-41(5,30)31/h8-14,16-17,29H,15H2,1-7H3. The molecule has 43 heavy (non-hydrogen) atoms. The molecule has 0 aromatic heterocycles. The molecule has 0 heterocycles. The summed E-state index contributed by atoms with van der Waals surface area (Å²) in [5.74, 6) is -0.0915. The highest BCUT2D eigenvalue weighted by Gasteiger charge is 2.27. The van der Waals surface area contributed by atoms with Gasteiger partial charge in [-0.25, -0.2) is 8.42 Å². The van der Waals surface area contributed by atoms with Crippen molar-refractivity contribution < 1.29 is 47.8 Å². The highest BCUT2D eigenvalue weighted by atomic mass is 32.2. The van der Waals surface area contributed by atoms with Crippen LogP contribution in [0.3, 0.4) is 0 Å². The minimum Gasteiger partial charge on any atom is -0.496 e. The lowest BCUT2D eigenvalue weighted by molar-refractivity contribution is 0.347. The van der Waals surface area contributed by atoms with Gasteiger partial charge in [0.2, 0.25) is 10.0 Å². The second kappa shape index (κ2) is 13.1. The molecule has 0 atom stereocenters. The van der Waals surface area contributed by atoms with Crippen molar-refractivity contribution in [2.75, 3.05) is 44.3 Å². The fraction of sp³-hybridized carbons (Fsp3) is 0.286. The number of sulfonamides is 1. The van der Waals surface area contributed by atoms with Crippen LogP contribution in [-0.4, -0.2) is 64.8 Å². The molecule has 0 fully saturated rings. The Labute approximate surface area is 252 Å². The predicted octanol–water partition coefficient (Wildman–Crippen LogP) is 4.43. The van der Waals surface area contributed by atoms with Crippen LogP contribution in [0.5, 0.6) is 28.7 Å². The smallest absolute Gasteiger partial charge is 0.306 e. The van der Waals surface area contributed by atoms with Crippen molar-refractivity contribution in [3.63, 3.8) is 0 Å². The van der Waals surface area contributed by atoms with Gasteiger partial charge < -0.3 is 22.6 Å². The monoisotopic (exact) mass is 655 g/mol. The molecule has 0 saturated heterocycles. The molecule has 0 spiro atoms. The van der Waals surface area contributed by atoms with E-state index in [-0.39, 0.29) is 46.5 Å². The second-order valence-corrected chi connectivity index (χ2v) is 14.5. The lowest BCUT2D eigenvalue weighted by Crippen LogP contribution is -2.10. The molecule has 0 bridgehead atoms.